The van der Waals surface area contributed by atoms with Crippen molar-refractivity contribution in [1.29, 1.82) is 0 Å². The van der Waals surface area contributed by atoms with E-state index < -0.39 is 23.8 Å². The largest absolute Gasteiger partial charge is 0.546 e. The molecule has 2 aromatic rings. The molecule has 26 heavy (non-hydrogen) atoms. The zero-order chi connectivity index (χ0) is 19.3. The first-order valence-corrected chi connectivity index (χ1v) is 7.38. The third-order valence-corrected chi connectivity index (χ3v) is 3.39. The van der Waals surface area contributed by atoms with Crippen LogP contribution >= 0.6 is 0 Å². The van der Waals surface area contributed by atoms with Crippen LogP contribution in [0.2, 0.25) is 0 Å². The first kappa shape index (κ1) is 18.7. The number of rotatable bonds is 6. The molecule has 0 fully saturated rings. The number of esters is 1. The highest BCUT2D eigenvalue weighted by Crippen LogP contribution is 2.26. The van der Waals surface area contributed by atoms with E-state index in [1.54, 1.807) is 0 Å². The van der Waals surface area contributed by atoms with Crippen LogP contribution in [0.3, 0.4) is 0 Å². The maximum absolute atomic E-state index is 11.8. The average molecular weight is 359 g/mol. The van der Waals surface area contributed by atoms with Crippen LogP contribution < -0.4 is 5.11 Å². The summed E-state index contributed by atoms with van der Waals surface area (Å²) in [6.07, 6.45) is 0.343. The number of phenolic OH excluding ortho intramolecular Hbond substituents is 4. The minimum Gasteiger partial charge on any atom is -0.546 e. The van der Waals surface area contributed by atoms with Crippen LogP contribution in [0.15, 0.2) is 42.5 Å². The van der Waals surface area contributed by atoms with Crippen molar-refractivity contribution in [3.63, 3.8) is 0 Å². The minimum absolute atomic E-state index is 0.268. The first-order valence-electron chi connectivity index (χ1n) is 7.38. The number of carboxylic acid groups (broad SMARTS) is 1. The van der Waals surface area contributed by atoms with Gasteiger partial charge in [-0.05, 0) is 41.5 Å². The van der Waals surface area contributed by atoms with E-state index in [1.807, 2.05) is 0 Å². The molecule has 136 valence electrons. The summed E-state index contributed by atoms with van der Waals surface area (Å²) >= 11 is 0. The molecule has 1 unspecified atom stereocenters. The molecule has 0 aliphatic carbocycles. The van der Waals surface area contributed by atoms with Gasteiger partial charge < -0.3 is 35.1 Å². The highest BCUT2D eigenvalue weighted by Gasteiger charge is 2.16. The van der Waals surface area contributed by atoms with Gasteiger partial charge >= 0.3 is 5.97 Å². The zero-order valence-electron chi connectivity index (χ0n) is 13.3. The van der Waals surface area contributed by atoms with Gasteiger partial charge in [0.25, 0.3) is 0 Å². The molecule has 8 nitrogen and oxygen atoms in total. The molecule has 0 saturated heterocycles. The van der Waals surface area contributed by atoms with Gasteiger partial charge in [-0.25, -0.2) is 4.79 Å². The van der Waals surface area contributed by atoms with Crippen LogP contribution in [0.1, 0.15) is 11.1 Å². The van der Waals surface area contributed by atoms with Gasteiger partial charge in [0, 0.05) is 12.5 Å². The highest BCUT2D eigenvalue weighted by atomic mass is 16.6. The molecule has 2 rings (SSSR count). The Morgan fingerprint density at radius 1 is 0.962 bits per heavy atom. The van der Waals surface area contributed by atoms with Gasteiger partial charge in [-0.3, -0.25) is 0 Å². The Bertz CT molecular complexity index is 856. The third kappa shape index (κ3) is 4.91. The molecule has 2 aromatic carbocycles. The number of ether oxygens (including phenoxy) is 1. The number of hydrogen-bond donors (Lipinski definition) is 4. The predicted molar refractivity (Wildman–Crippen MR) is 87.2 cm³/mol. The van der Waals surface area contributed by atoms with Crippen LogP contribution in [0, 0.1) is 0 Å². The molecule has 0 bridgehead atoms. The summed E-state index contributed by atoms with van der Waals surface area (Å²) in [4.78, 5) is 23.0. The van der Waals surface area contributed by atoms with E-state index in [-0.39, 0.29) is 23.7 Å². The molecule has 0 saturated carbocycles. The number of carboxylic acids is 1. The molecule has 0 heterocycles. The molecule has 1 atom stereocenters. The Morgan fingerprint density at radius 3 is 2.15 bits per heavy atom. The van der Waals surface area contributed by atoms with Crippen molar-refractivity contribution < 1.29 is 39.9 Å². The summed E-state index contributed by atoms with van der Waals surface area (Å²) in [5, 5.41) is 48.4. The number of aromatic hydroxyl groups is 4. The third-order valence-electron chi connectivity index (χ3n) is 3.39. The summed E-state index contributed by atoms with van der Waals surface area (Å²) in [5.41, 5.74) is 0.695. The zero-order valence-corrected chi connectivity index (χ0v) is 13.3. The van der Waals surface area contributed by atoms with Crippen LogP contribution in [0.5, 0.6) is 23.0 Å². The Kier molecular flexibility index (Phi) is 5.69. The summed E-state index contributed by atoms with van der Waals surface area (Å²) in [5.74, 6) is -4.08. The predicted octanol–water partition coefficient (Wildman–Crippen LogP) is 0.427. The monoisotopic (exact) mass is 359 g/mol. The lowest BCUT2D eigenvalue weighted by Crippen LogP contribution is -2.40. The van der Waals surface area contributed by atoms with E-state index in [0.29, 0.717) is 11.1 Å². The van der Waals surface area contributed by atoms with Crippen LogP contribution in [-0.2, 0) is 20.7 Å². The van der Waals surface area contributed by atoms with Gasteiger partial charge in [-0.1, -0.05) is 12.1 Å². The van der Waals surface area contributed by atoms with Gasteiger partial charge in [0.1, 0.15) is 6.10 Å². The van der Waals surface area contributed by atoms with E-state index >= 15 is 0 Å². The number of phenols is 4. The Morgan fingerprint density at radius 2 is 1.58 bits per heavy atom. The molecule has 8 heteroatoms. The van der Waals surface area contributed by atoms with Gasteiger partial charge in [-0.2, -0.15) is 0 Å². The molecule has 0 aromatic heterocycles. The Labute approximate surface area is 147 Å². The number of benzene rings is 2. The van der Waals surface area contributed by atoms with Gasteiger partial charge in [-0.15, -0.1) is 0 Å². The molecule has 0 aliphatic heterocycles. The second kappa shape index (κ2) is 7.93. The van der Waals surface area contributed by atoms with Crippen molar-refractivity contribution in [2.45, 2.75) is 12.5 Å². The molecule has 0 aliphatic rings. The lowest BCUT2D eigenvalue weighted by molar-refractivity contribution is -0.315. The fraction of sp³-hybridized carbons (Fsp3) is 0.111. The van der Waals surface area contributed by atoms with E-state index in [4.69, 9.17) is 4.74 Å². The van der Waals surface area contributed by atoms with Crippen LogP contribution in [-0.4, -0.2) is 38.5 Å². The smallest absolute Gasteiger partial charge is 0.331 e. The highest BCUT2D eigenvalue weighted by molar-refractivity contribution is 5.89. The van der Waals surface area contributed by atoms with Gasteiger partial charge in [0.15, 0.2) is 23.0 Å². The van der Waals surface area contributed by atoms with E-state index in [9.17, 15) is 35.1 Å². The molecule has 4 N–H and O–H groups in total. The van der Waals surface area contributed by atoms with E-state index in [2.05, 4.69) is 0 Å². The summed E-state index contributed by atoms with van der Waals surface area (Å²) < 4.78 is 4.82. The molecule has 0 amide bonds. The molecule has 0 radical (unpaired) electrons. The lowest BCUT2D eigenvalue weighted by atomic mass is 10.1. The SMILES string of the molecule is O=C(/C=C/c1ccc(O)c(O)c1)OC(Cc1ccc(O)c(O)c1)C(=O)[O-]. The fourth-order valence-corrected chi connectivity index (χ4v) is 2.07. The molecular formula is C18H15O8-. The molecule has 0 spiro atoms. The van der Waals surface area contributed by atoms with Crippen molar-refractivity contribution in [2.24, 2.45) is 0 Å². The summed E-state index contributed by atoms with van der Waals surface area (Å²) in [6.45, 7) is 0. The van der Waals surface area contributed by atoms with Crippen LogP contribution in [0.25, 0.3) is 6.08 Å². The fourth-order valence-electron chi connectivity index (χ4n) is 2.07. The van der Waals surface area contributed by atoms with Crippen molar-refractivity contribution in [2.75, 3.05) is 0 Å². The number of carbonyl (C=O) groups excluding carboxylic acids is 2. The normalized spacial score (nSPS) is 12.0. The minimum atomic E-state index is -1.62. The summed E-state index contributed by atoms with van der Waals surface area (Å²) in [6, 6.07) is 7.54. The second-order valence-electron chi connectivity index (χ2n) is 5.35. The van der Waals surface area contributed by atoms with Crippen molar-refractivity contribution in [3.05, 3.63) is 53.6 Å². The standard InChI is InChI=1S/C18H16O8/c19-12-4-1-10(7-14(12)21)3-6-17(23)26-16(18(24)25)9-11-2-5-13(20)15(22)8-11/h1-8,16,19-22H,9H2,(H,24,25)/p-1/b6-3+. The second-order valence-corrected chi connectivity index (χ2v) is 5.35. The van der Waals surface area contributed by atoms with Crippen molar-refractivity contribution >= 4 is 18.0 Å². The average Bonchev–Trinajstić information content (AvgIpc) is 2.58. The van der Waals surface area contributed by atoms with Crippen molar-refractivity contribution in [1.82, 2.24) is 0 Å². The van der Waals surface area contributed by atoms with Crippen molar-refractivity contribution in [3.8, 4) is 23.0 Å². The number of carbonyl (C=O) groups is 2. The van der Waals surface area contributed by atoms with Crippen LogP contribution in [0.4, 0.5) is 0 Å². The topological polar surface area (TPSA) is 147 Å². The first-order chi connectivity index (χ1) is 12.3. The number of aliphatic carboxylic acids is 1. The Balaban J connectivity index is 2.05. The van der Waals surface area contributed by atoms with E-state index in [1.165, 1.54) is 36.4 Å². The Hall–Kier alpha value is -3.68. The maximum Gasteiger partial charge on any atom is 0.331 e. The molecular weight excluding hydrogens is 344 g/mol. The quantitative estimate of drug-likeness (QED) is 0.330. The maximum atomic E-state index is 11.8. The van der Waals surface area contributed by atoms with Gasteiger partial charge in [0.05, 0.1) is 5.97 Å². The number of hydrogen-bond acceptors (Lipinski definition) is 8. The van der Waals surface area contributed by atoms with Gasteiger partial charge in [0.2, 0.25) is 0 Å². The lowest BCUT2D eigenvalue weighted by Gasteiger charge is -2.18. The van der Waals surface area contributed by atoms with E-state index in [0.717, 1.165) is 12.1 Å². The summed E-state index contributed by atoms with van der Waals surface area (Å²) in [7, 11) is 0.